The van der Waals surface area contributed by atoms with Crippen molar-refractivity contribution in [2.75, 3.05) is 29.9 Å². The van der Waals surface area contributed by atoms with Crippen LogP contribution in [0.15, 0.2) is 48.5 Å². The van der Waals surface area contributed by atoms with Crippen molar-refractivity contribution in [3.05, 3.63) is 59.7 Å². The van der Waals surface area contributed by atoms with Crippen molar-refractivity contribution in [3.63, 3.8) is 0 Å². The van der Waals surface area contributed by atoms with Crippen LogP contribution < -0.4 is 10.2 Å². The molecule has 0 bridgehead atoms. The normalized spacial score (nSPS) is 21.0. The fourth-order valence-electron chi connectivity index (χ4n) is 4.12. The topological polar surface area (TPSA) is 61.9 Å². The van der Waals surface area contributed by atoms with Gasteiger partial charge in [-0.2, -0.15) is 0 Å². The molecule has 4 rings (SSSR count). The summed E-state index contributed by atoms with van der Waals surface area (Å²) >= 11 is 0. The maximum Gasteiger partial charge on any atom is 0.322 e. The third-order valence-corrected chi connectivity index (χ3v) is 5.46. The lowest BCUT2D eigenvalue weighted by Gasteiger charge is -2.35. The van der Waals surface area contributed by atoms with Gasteiger partial charge in [0.15, 0.2) is 0 Å². The zero-order valence-corrected chi connectivity index (χ0v) is 16.9. The van der Waals surface area contributed by atoms with Gasteiger partial charge in [-0.05, 0) is 49.6 Å². The molecule has 2 atom stereocenters. The van der Waals surface area contributed by atoms with Crippen LogP contribution in [-0.4, -0.2) is 48.7 Å². The molecule has 1 fully saturated rings. The Morgan fingerprint density at radius 2 is 1.72 bits per heavy atom. The van der Waals surface area contributed by atoms with Gasteiger partial charge in [0.25, 0.3) is 0 Å². The van der Waals surface area contributed by atoms with E-state index in [0.717, 1.165) is 29.9 Å². The summed E-state index contributed by atoms with van der Waals surface area (Å²) in [7, 11) is 0. The second-order valence-electron chi connectivity index (χ2n) is 7.89. The van der Waals surface area contributed by atoms with Gasteiger partial charge in [-0.15, -0.1) is 0 Å². The van der Waals surface area contributed by atoms with Crippen LogP contribution in [-0.2, 0) is 22.4 Å². The first-order chi connectivity index (χ1) is 14.0. The predicted octanol–water partition coefficient (Wildman–Crippen LogP) is 3.46. The Bertz CT molecular complexity index is 886. The number of urea groups is 1. The number of hydrogen-bond donors (Lipinski definition) is 1. The quantitative estimate of drug-likeness (QED) is 0.869. The largest absolute Gasteiger partial charge is 0.372 e. The van der Waals surface area contributed by atoms with Crippen LogP contribution in [0.5, 0.6) is 0 Å². The van der Waals surface area contributed by atoms with Gasteiger partial charge in [-0.3, -0.25) is 4.79 Å². The van der Waals surface area contributed by atoms with Gasteiger partial charge in [-0.25, -0.2) is 4.79 Å². The molecule has 3 amide bonds. The summed E-state index contributed by atoms with van der Waals surface area (Å²) in [4.78, 5) is 28.9. The van der Waals surface area contributed by atoms with E-state index in [2.05, 4.69) is 11.4 Å². The van der Waals surface area contributed by atoms with Crippen molar-refractivity contribution < 1.29 is 14.3 Å². The van der Waals surface area contributed by atoms with E-state index in [1.807, 2.05) is 61.2 Å². The first-order valence-corrected chi connectivity index (χ1v) is 10.2. The molecule has 2 aromatic carbocycles. The molecule has 6 nitrogen and oxygen atoms in total. The third kappa shape index (κ3) is 4.43. The number of ether oxygens (including phenoxy) is 1. The molecule has 2 heterocycles. The Morgan fingerprint density at radius 1 is 1.03 bits per heavy atom. The fourth-order valence-corrected chi connectivity index (χ4v) is 4.12. The highest BCUT2D eigenvalue weighted by Crippen LogP contribution is 2.28. The van der Waals surface area contributed by atoms with Crippen molar-refractivity contribution in [3.8, 4) is 0 Å². The number of carbonyl (C=O) groups excluding carboxylic acids is 2. The van der Waals surface area contributed by atoms with Crippen LogP contribution >= 0.6 is 0 Å². The number of hydrogen-bond acceptors (Lipinski definition) is 3. The summed E-state index contributed by atoms with van der Waals surface area (Å²) in [6.07, 6.45) is 1.33. The van der Waals surface area contributed by atoms with E-state index in [1.54, 1.807) is 4.90 Å². The number of morpholine rings is 1. The number of rotatable bonds is 3. The summed E-state index contributed by atoms with van der Waals surface area (Å²) in [6.45, 7) is 5.85. The number of anilines is 2. The lowest BCUT2D eigenvalue weighted by atomic mass is 10.1. The molecule has 29 heavy (non-hydrogen) atoms. The molecule has 0 aromatic heterocycles. The van der Waals surface area contributed by atoms with E-state index in [1.165, 1.54) is 5.56 Å². The van der Waals surface area contributed by atoms with E-state index in [0.29, 0.717) is 19.5 Å². The van der Waals surface area contributed by atoms with Gasteiger partial charge in [-0.1, -0.05) is 30.3 Å². The SMILES string of the molecule is CC1CN(C(=O)Nc2ccc(CC(=O)N3CCc4ccccc43)cc2)CC(C)O1. The molecule has 0 saturated carbocycles. The lowest BCUT2D eigenvalue weighted by Crippen LogP contribution is -2.49. The van der Waals surface area contributed by atoms with Crippen molar-refractivity contribution in [2.24, 2.45) is 0 Å². The van der Waals surface area contributed by atoms with Gasteiger partial charge in [0.1, 0.15) is 0 Å². The van der Waals surface area contributed by atoms with Crippen LogP contribution in [0.2, 0.25) is 0 Å². The average molecular weight is 393 g/mol. The number of nitrogens with one attached hydrogen (secondary N) is 1. The first kappa shape index (κ1) is 19.5. The maximum atomic E-state index is 12.7. The Kier molecular flexibility index (Phi) is 5.53. The molecule has 152 valence electrons. The minimum Gasteiger partial charge on any atom is -0.372 e. The zero-order chi connectivity index (χ0) is 20.4. The van der Waals surface area contributed by atoms with Crippen LogP contribution in [0.1, 0.15) is 25.0 Å². The monoisotopic (exact) mass is 393 g/mol. The number of benzene rings is 2. The van der Waals surface area contributed by atoms with Crippen LogP contribution in [0.25, 0.3) is 0 Å². The smallest absolute Gasteiger partial charge is 0.322 e. The summed E-state index contributed by atoms with van der Waals surface area (Å²) in [5.41, 5.74) is 3.91. The van der Waals surface area contributed by atoms with Gasteiger partial charge in [0, 0.05) is 31.0 Å². The van der Waals surface area contributed by atoms with Crippen LogP contribution in [0, 0.1) is 0 Å². The predicted molar refractivity (Wildman–Crippen MR) is 113 cm³/mol. The summed E-state index contributed by atoms with van der Waals surface area (Å²) < 4.78 is 5.68. The molecule has 2 aliphatic rings. The van der Waals surface area contributed by atoms with E-state index in [-0.39, 0.29) is 24.1 Å². The van der Waals surface area contributed by atoms with Crippen molar-refractivity contribution in [1.29, 1.82) is 0 Å². The molecule has 1 N–H and O–H groups in total. The number of amides is 3. The van der Waals surface area contributed by atoms with E-state index >= 15 is 0 Å². The highest BCUT2D eigenvalue weighted by molar-refractivity contribution is 5.96. The number of para-hydroxylation sites is 1. The second-order valence-corrected chi connectivity index (χ2v) is 7.89. The van der Waals surface area contributed by atoms with Gasteiger partial charge in [0.2, 0.25) is 5.91 Å². The zero-order valence-electron chi connectivity index (χ0n) is 16.9. The van der Waals surface area contributed by atoms with E-state index in [9.17, 15) is 9.59 Å². The molecular weight excluding hydrogens is 366 g/mol. The van der Waals surface area contributed by atoms with Crippen LogP contribution in [0.4, 0.5) is 16.2 Å². The minimum absolute atomic E-state index is 0.0357. The third-order valence-electron chi connectivity index (χ3n) is 5.46. The molecule has 6 heteroatoms. The maximum absolute atomic E-state index is 12.7. The van der Waals surface area contributed by atoms with E-state index in [4.69, 9.17) is 4.74 Å². The lowest BCUT2D eigenvalue weighted by molar-refractivity contribution is -0.117. The van der Waals surface area contributed by atoms with Crippen molar-refractivity contribution in [1.82, 2.24) is 4.90 Å². The number of carbonyl (C=O) groups is 2. The van der Waals surface area contributed by atoms with Gasteiger partial charge in [0.05, 0.1) is 18.6 Å². The Morgan fingerprint density at radius 3 is 2.45 bits per heavy atom. The molecule has 1 saturated heterocycles. The molecule has 0 aliphatic carbocycles. The highest BCUT2D eigenvalue weighted by atomic mass is 16.5. The number of fused-ring (bicyclic) bond motifs is 1. The minimum atomic E-state index is -0.121. The second kappa shape index (κ2) is 8.25. The number of nitrogens with zero attached hydrogens (tertiary/aromatic N) is 2. The molecule has 0 spiro atoms. The molecule has 2 aromatic rings. The van der Waals surface area contributed by atoms with Crippen molar-refractivity contribution >= 4 is 23.3 Å². The standard InChI is InChI=1S/C23H27N3O3/c1-16-14-25(15-17(2)29-16)23(28)24-20-9-7-18(8-10-20)13-22(27)26-12-11-19-5-3-4-6-21(19)26/h3-10,16-17H,11-15H2,1-2H3,(H,24,28). The Balaban J connectivity index is 1.35. The molecule has 2 aliphatic heterocycles. The molecule has 0 radical (unpaired) electrons. The van der Waals surface area contributed by atoms with Crippen molar-refractivity contribution in [2.45, 2.75) is 38.9 Å². The van der Waals surface area contributed by atoms with Crippen LogP contribution in [0.3, 0.4) is 0 Å². The summed E-state index contributed by atoms with van der Waals surface area (Å²) in [6, 6.07) is 15.5. The average Bonchev–Trinajstić information content (AvgIpc) is 3.13. The van der Waals surface area contributed by atoms with E-state index < -0.39 is 0 Å². The summed E-state index contributed by atoms with van der Waals surface area (Å²) in [5, 5.41) is 2.94. The highest BCUT2D eigenvalue weighted by Gasteiger charge is 2.26. The molecule has 2 unspecified atom stereocenters. The Hall–Kier alpha value is -2.86. The molecular formula is C23H27N3O3. The van der Waals surface area contributed by atoms with Gasteiger partial charge >= 0.3 is 6.03 Å². The van der Waals surface area contributed by atoms with Gasteiger partial charge < -0.3 is 19.9 Å². The summed E-state index contributed by atoms with van der Waals surface area (Å²) in [5.74, 6) is 0.100. The fraction of sp³-hybridized carbons (Fsp3) is 0.391. The Labute approximate surface area is 171 Å². The first-order valence-electron chi connectivity index (χ1n) is 10.2.